The molecule has 32 heavy (non-hydrogen) atoms. The van der Waals surface area contributed by atoms with Gasteiger partial charge in [-0.3, -0.25) is 4.79 Å². The lowest BCUT2D eigenvalue weighted by Gasteiger charge is -2.25. The smallest absolute Gasteiger partial charge is 0.253 e. The van der Waals surface area contributed by atoms with E-state index in [1.807, 2.05) is 53.4 Å². The third kappa shape index (κ3) is 5.55. The van der Waals surface area contributed by atoms with Crippen LogP contribution in [0.4, 0.5) is 0 Å². The minimum atomic E-state index is -0.117. The van der Waals surface area contributed by atoms with E-state index in [-0.39, 0.29) is 5.56 Å². The summed E-state index contributed by atoms with van der Waals surface area (Å²) in [7, 11) is 1.61. The second kappa shape index (κ2) is 10.4. The molecule has 0 spiro atoms. The van der Waals surface area contributed by atoms with E-state index in [2.05, 4.69) is 33.9 Å². The van der Waals surface area contributed by atoms with E-state index in [9.17, 15) is 4.79 Å². The fourth-order valence-corrected chi connectivity index (χ4v) is 4.49. The summed E-state index contributed by atoms with van der Waals surface area (Å²) >= 11 is 7.41. The van der Waals surface area contributed by atoms with Crippen LogP contribution in [0.3, 0.4) is 0 Å². The fraction of sp³-hybridized carbons (Fsp3) is 0.200. The van der Waals surface area contributed by atoms with Gasteiger partial charge in [0.15, 0.2) is 5.11 Å². The molecule has 0 amide bonds. The van der Waals surface area contributed by atoms with Crippen molar-refractivity contribution in [2.24, 2.45) is 0 Å². The Morgan fingerprint density at radius 2 is 1.94 bits per heavy atom. The van der Waals surface area contributed by atoms with Crippen LogP contribution in [0.25, 0.3) is 10.9 Å². The van der Waals surface area contributed by atoms with Gasteiger partial charge in [0.1, 0.15) is 5.75 Å². The molecule has 0 saturated carbocycles. The molecule has 0 aliphatic heterocycles. The predicted molar refractivity (Wildman–Crippen MR) is 135 cm³/mol. The Labute approximate surface area is 196 Å². The number of nitrogens with one attached hydrogen (secondary N) is 2. The van der Waals surface area contributed by atoms with Gasteiger partial charge in [-0.2, -0.15) is 0 Å². The van der Waals surface area contributed by atoms with Gasteiger partial charge >= 0.3 is 0 Å². The number of thiophene rings is 1. The van der Waals surface area contributed by atoms with E-state index in [0.29, 0.717) is 29.5 Å². The Morgan fingerprint density at radius 1 is 1.09 bits per heavy atom. The van der Waals surface area contributed by atoms with Crippen molar-refractivity contribution in [2.45, 2.75) is 19.5 Å². The third-order valence-electron chi connectivity index (χ3n) is 5.24. The molecule has 0 atom stereocenters. The van der Waals surface area contributed by atoms with Crippen LogP contribution in [0, 0.1) is 0 Å². The van der Waals surface area contributed by atoms with Gasteiger partial charge in [-0.05, 0) is 59.2 Å². The molecule has 164 valence electrons. The van der Waals surface area contributed by atoms with Crippen LogP contribution in [0.15, 0.2) is 76.9 Å². The summed E-state index contributed by atoms with van der Waals surface area (Å²) in [4.78, 5) is 19.0. The number of nitrogens with zero attached hydrogens (tertiary/aromatic N) is 1. The summed E-state index contributed by atoms with van der Waals surface area (Å²) in [6, 6.07) is 22.0. The van der Waals surface area contributed by atoms with Crippen LogP contribution in [-0.4, -0.2) is 28.7 Å². The normalized spacial score (nSPS) is 10.8. The van der Waals surface area contributed by atoms with Crippen molar-refractivity contribution in [3.05, 3.63) is 98.5 Å². The van der Waals surface area contributed by atoms with Crippen LogP contribution in [-0.2, 0) is 19.5 Å². The Kier molecular flexibility index (Phi) is 7.19. The maximum Gasteiger partial charge on any atom is 0.253 e. The average molecular weight is 464 g/mol. The van der Waals surface area contributed by atoms with Gasteiger partial charge in [0, 0.05) is 23.1 Å². The molecule has 4 rings (SSSR count). The van der Waals surface area contributed by atoms with Crippen molar-refractivity contribution in [3.8, 4) is 5.75 Å². The maximum absolute atomic E-state index is 12.8. The minimum Gasteiger partial charge on any atom is -0.497 e. The Bertz CT molecular complexity index is 1240. The molecule has 4 aromatic rings. The lowest BCUT2D eigenvalue weighted by Crippen LogP contribution is -2.40. The molecule has 2 aromatic carbocycles. The van der Waals surface area contributed by atoms with Crippen molar-refractivity contribution in [2.75, 3.05) is 13.7 Å². The zero-order valence-electron chi connectivity index (χ0n) is 17.8. The number of H-pyrrole nitrogens is 1. The number of hydrogen-bond donors (Lipinski definition) is 2. The first-order chi connectivity index (χ1) is 15.6. The van der Waals surface area contributed by atoms with Crippen LogP contribution >= 0.6 is 23.6 Å². The van der Waals surface area contributed by atoms with E-state index >= 15 is 0 Å². The highest BCUT2D eigenvalue weighted by atomic mass is 32.1. The number of aromatic nitrogens is 1. The number of fused-ring (bicyclic) bond motifs is 1. The number of hydrogen-bond acceptors (Lipinski definition) is 4. The van der Waals surface area contributed by atoms with Gasteiger partial charge in [-0.15, -0.1) is 11.3 Å². The molecule has 0 unspecified atom stereocenters. The van der Waals surface area contributed by atoms with Crippen molar-refractivity contribution < 1.29 is 4.74 Å². The second-order valence-electron chi connectivity index (χ2n) is 7.48. The Hall–Kier alpha value is -3.16. The quantitative estimate of drug-likeness (QED) is 0.371. The highest BCUT2D eigenvalue weighted by Crippen LogP contribution is 2.20. The Morgan fingerprint density at radius 3 is 2.69 bits per heavy atom. The first-order valence-electron chi connectivity index (χ1n) is 10.4. The number of pyridine rings is 1. The topological polar surface area (TPSA) is 57.4 Å². The molecule has 0 radical (unpaired) electrons. The molecule has 2 heterocycles. The van der Waals surface area contributed by atoms with Crippen LogP contribution < -0.4 is 15.6 Å². The summed E-state index contributed by atoms with van der Waals surface area (Å²) in [6.07, 6.45) is 0.881. The van der Waals surface area contributed by atoms with Crippen molar-refractivity contribution in [1.29, 1.82) is 0 Å². The summed E-state index contributed by atoms with van der Waals surface area (Å²) in [5.41, 5.74) is 2.57. The monoisotopic (exact) mass is 463 g/mol. The standard InChI is InChI=1S/C25H25N3O2S2/c1-30-21-10-9-19-14-20(24(29)27-23(19)15-21)16-28(17-22-8-5-13-32-22)25(31)26-12-11-18-6-3-2-4-7-18/h2-10,13-15H,11-12,16-17H2,1H3,(H,26,31)(H,27,29). The molecule has 7 heteroatoms. The molecule has 5 nitrogen and oxygen atoms in total. The average Bonchev–Trinajstić information content (AvgIpc) is 3.32. The molecule has 0 fully saturated rings. The first kappa shape index (κ1) is 22.0. The van der Waals surface area contributed by atoms with Gasteiger partial charge < -0.3 is 19.9 Å². The first-order valence-corrected chi connectivity index (χ1v) is 11.7. The van der Waals surface area contributed by atoms with Gasteiger partial charge in [-0.25, -0.2) is 0 Å². The molecular weight excluding hydrogens is 438 g/mol. The number of methoxy groups -OCH3 is 1. The number of rotatable bonds is 8. The second-order valence-corrected chi connectivity index (χ2v) is 8.90. The Balaban J connectivity index is 1.51. The summed E-state index contributed by atoms with van der Waals surface area (Å²) in [6.45, 7) is 1.80. The zero-order valence-corrected chi connectivity index (χ0v) is 19.5. The highest BCUT2D eigenvalue weighted by Gasteiger charge is 2.15. The summed E-state index contributed by atoms with van der Waals surface area (Å²) in [5, 5.41) is 7.02. The van der Waals surface area contributed by atoms with E-state index in [1.165, 1.54) is 10.4 Å². The van der Waals surface area contributed by atoms with Crippen molar-refractivity contribution in [3.63, 3.8) is 0 Å². The molecule has 0 aliphatic rings. The predicted octanol–water partition coefficient (Wildman–Crippen LogP) is 4.72. The molecule has 0 aliphatic carbocycles. The molecule has 2 aromatic heterocycles. The fourth-order valence-electron chi connectivity index (χ4n) is 3.54. The van der Waals surface area contributed by atoms with E-state index in [1.54, 1.807) is 18.4 Å². The summed E-state index contributed by atoms with van der Waals surface area (Å²) in [5.74, 6) is 0.712. The van der Waals surface area contributed by atoms with E-state index in [4.69, 9.17) is 17.0 Å². The van der Waals surface area contributed by atoms with Gasteiger partial charge in [0.25, 0.3) is 5.56 Å². The van der Waals surface area contributed by atoms with Crippen LogP contribution in [0.5, 0.6) is 5.75 Å². The van der Waals surface area contributed by atoms with E-state index in [0.717, 1.165) is 23.9 Å². The lowest BCUT2D eigenvalue weighted by molar-refractivity contribution is 0.401. The van der Waals surface area contributed by atoms with Gasteiger partial charge in [0.2, 0.25) is 0 Å². The van der Waals surface area contributed by atoms with Crippen LogP contribution in [0.2, 0.25) is 0 Å². The van der Waals surface area contributed by atoms with Gasteiger partial charge in [0.05, 0.1) is 25.7 Å². The van der Waals surface area contributed by atoms with Crippen LogP contribution in [0.1, 0.15) is 16.0 Å². The molecule has 2 N–H and O–H groups in total. The lowest BCUT2D eigenvalue weighted by atomic mass is 10.1. The SMILES string of the molecule is COc1ccc2cc(CN(Cc3cccs3)C(=S)NCCc3ccccc3)c(=O)[nH]c2c1. The summed E-state index contributed by atoms with van der Waals surface area (Å²) < 4.78 is 5.26. The van der Waals surface area contributed by atoms with Crippen molar-refractivity contribution in [1.82, 2.24) is 15.2 Å². The number of benzene rings is 2. The third-order valence-corrected chi connectivity index (χ3v) is 6.50. The minimum absolute atomic E-state index is 0.117. The number of thiocarbonyl (C=S) groups is 1. The molecular formula is C25H25N3O2S2. The van der Waals surface area contributed by atoms with Crippen molar-refractivity contribution >= 4 is 39.6 Å². The van der Waals surface area contributed by atoms with E-state index < -0.39 is 0 Å². The maximum atomic E-state index is 12.8. The molecule has 0 bridgehead atoms. The number of aromatic amines is 1. The zero-order chi connectivity index (χ0) is 22.3. The number of ether oxygens (including phenoxy) is 1. The van der Waals surface area contributed by atoms with Gasteiger partial charge in [-0.1, -0.05) is 36.4 Å². The highest BCUT2D eigenvalue weighted by molar-refractivity contribution is 7.80. The molecule has 0 saturated heterocycles. The largest absolute Gasteiger partial charge is 0.497 e.